The molecule has 0 aromatic carbocycles. The molecule has 0 radical (unpaired) electrons. The van der Waals surface area contributed by atoms with Crippen LogP contribution in [-0.4, -0.2) is 57.8 Å². The normalized spacial score (nSPS) is 17.1. The number of hydrogen-bond donors (Lipinski definition) is 4. The van der Waals surface area contributed by atoms with E-state index in [0.717, 1.165) is 25.8 Å². The summed E-state index contributed by atoms with van der Waals surface area (Å²) < 4.78 is 28.8. The number of sulfonamides is 1. The van der Waals surface area contributed by atoms with Gasteiger partial charge in [0.2, 0.25) is 5.88 Å². The molecule has 4 rings (SSSR count). The smallest absolute Gasteiger partial charge is 0.281 e. The van der Waals surface area contributed by atoms with Gasteiger partial charge in [0.15, 0.2) is 10.8 Å². The number of carbonyl (C=O) groups excluding carboxylic acids is 1. The van der Waals surface area contributed by atoms with Crippen LogP contribution < -0.4 is 15.4 Å². The monoisotopic (exact) mass is 533 g/mol. The van der Waals surface area contributed by atoms with Crippen molar-refractivity contribution in [3.63, 3.8) is 0 Å². The van der Waals surface area contributed by atoms with E-state index in [1.807, 2.05) is 4.72 Å². The van der Waals surface area contributed by atoms with Crippen molar-refractivity contribution in [3.05, 3.63) is 53.3 Å². The van der Waals surface area contributed by atoms with Crippen molar-refractivity contribution in [2.75, 3.05) is 18.4 Å². The molecule has 1 unspecified atom stereocenters. The Kier molecular flexibility index (Phi) is 7.48. The lowest BCUT2D eigenvalue weighted by molar-refractivity contribution is 0.0981. The summed E-state index contributed by atoms with van der Waals surface area (Å²) in [5.74, 6) is 0.115. The summed E-state index contributed by atoms with van der Waals surface area (Å²) in [6.07, 6.45) is 4.58. The molecule has 1 fully saturated rings. The largest absolute Gasteiger partial charge is 0.492 e. The molecule has 1 amide bonds. The molecule has 13 heteroatoms. The topological polar surface area (TPSA) is 151 Å². The Hall–Kier alpha value is -3.22. The van der Waals surface area contributed by atoms with Crippen molar-refractivity contribution < 1.29 is 18.3 Å². The van der Waals surface area contributed by atoms with Gasteiger partial charge in [-0.3, -0.25) is 4.79 Å². The zero-order valence-corrected chi connectivity index (χ0v) is 21.5. The molecule has 36 heavy (non-hydrogen) atoms. The molecule has 1 atom stereocenters. The minimum absolute atomic E-state index is 0.140. The van der Waals surface area contributed by atoms with Crippen molar-refractivity contribution in [1.82, 2.24) is 29.8 Å². The van der Waals surface area contributed by atoms with Gasteiger partial charge in [-0.25, -0.2) is 19.4 Å². The van der Waals surface area contributed by atoms with Gasteiger partial charge in [-0.05, 0) is 69.8 Å². The molecule has 4 heterocycles. The number of nitrogens with zero attached hydrogens (tertiary/aromatic N) is 4. The zero-order chi connectivity index (χ0) is 25.9. The lowest BCUT2D eigenvalue weighted by Crippen LogP contribution is -2.31. The first-order chi connectivity index (χ1) is 17.0. The number of amides is 1. The van der Waals surface area contributed by atoms with Gasteiger partial charge in [-0.15, -0.1) is 5.10 Å². The van der Waals surface area contributed by atoms with Crippen molar-refractivity contribution >= 4 is 33.3 Å². The summed E-state index contributed by atoms with van der Waals surface area (Å²) in [6, 6.07) is 8.63. The van der Waals surface area contributed by atoms with Crippen molar-refractivity contribution in [2.24, 2.45) is 5.92 Å². The van der Waals surface area contributed by atoms with Crippen molar-refractivity contribution in [2.45, 2.75) is 43.7 Å². The van der Waals surface area contributed by atoms with Gasteiger partial charge in [0.05, 0.1) is 5.56 Å². The third-order valence-electron chi connectivity index (χ3n) is 5.88. The fourth-order valence-electron chi connectivity index (χ4n) is 4.15. The number of nitrogens with one attached hydrogen (secondary N) is 3. The minimum Gasteiger partial charge on any atom is -0.492 e. The second-order valence-corrected chi connectivity index (χ2v) is 11.3. The fourth-order valence-corrected chi connectivity index (χ4v) is 5.32. The molecule has 1 aliphatic heterocycles. The van der Waals surface area contributed by atoms with Gasteiger partial charge >= 0.3 is 0 Å². The number of halogens is 1. The second kappa shape index (κ2) is 10.4. The molecule has 0 spiro atoms. The van der Waals surface area contributed by atoms with Gasteiger partial charge in [0.25, 0.3) is 15.9 Å². The Labute approximate surface area is 214 Å². The Morgan fingerprint density at radius 2 is 2.06 bits per heavy atom. The molecule has 11 nitrogen and oxygen atoms in total. The van der Waals surface area contributed by atoms with E-state index in [4.69, 9.17) is 11.6 Å². The molecule has 0 aliphatic carbocycles. The third-order valence-corrected chi connectivity index (χ3v) is 7.40. The first-order valence-electron chi connectivity index (χ1n) is 11.5. The van der Waals surface area contributed by atoms with E-state index in [9.17, 15) is 18.3 Å². The van der Waals surface area contributed by atoms with E-state index in [-0.39, 0.29) is 33.0 Å². The van der Waals surface area contributed by atoms with Gasteiger partial charge in [-0.2, -0.15) is 8.42 Å². The summed E-state index contributed by atoms with van der Waals surface area (Å²) in [7, 11) is -4.26. The molecule has 192 valence electrons. The van der Waals surface area contributed by atoms with Crippen LogP contribution in [-0.2, 0) is 10.0 Å². The van der Waals surface area contributed by atoms with Gasteiger partial charge < -0.3 is 15.7 Å². The van der Waals surface area contributed by atoms with Crippen LogP contribution in [0, 0.1) is 5.92 Å². The Morgan fingerprint density at radius 3 is 2.72 bits per heavy atom. The number of hydrogen-bond acceptors (Lipinski definition) is 9. The van der Waals surface area contributed by atoms with Crippen LogP contribution in [0.1, 0.15) is 43.5 Å². The van der Waals surface area contributed by atoms with E-state index >= 15 is 0 Å². The highest BCUT2D eigenvalue weighted by molar-refractivity contribution is 7.90. The van der Waals surface area contributed by atoms with Crippen LogP contribution in [0.25, 0.3) is 5.82 Å². The summed E-state index contributed by atoms with van der Waals surface area (Å²) in [5, 5.41) is 19.3. The maximum absolute atomic E-state index is 12.8. The second-order valence-electron chi connectivity index (χ2n) is 9.33. The first-order valence-corrected chi connectivity index (χ1v) is 13.3. The lowest BCUT2D eigenvalue weighted by atomic mass is 9.94. The molecule has 4 N–H and O–H groups in total. The average molecular weight is 534 g/mol. The molecule has 1 aliphatic rings. The van der Waals surface area contributed by atoms with Crippen LogP contribution in [0.5, 0.6) is 5.88 Å². The average Bonchev–Trinajstić information content (AvgIpc) is 3.41. The number of aromatic nitrogens is 4. The first kappa shape index (κ1) is 25.9. The number of aromatic hydroxyl groups is 1. The maximum atomic E-state index is 12.8. The molecular formula is C23H28ClN7O4S. The van der Waals surface area contributed by atoms with Gasteiger partial charge in [0.1, 0.15) is 11.0 Å². The standard InChI is InChI=1S/C23H28ClN7O4S/c1-23(2)13-15(14-26-23)5-4-11-25-17-6-3-7-20(27-17)36(34,35)30-22(33)16-8-9-18(28-21(16)24)31-12-10-19(32)29-31/h3,6-10,12,15,26H,4-5,11,13-14H2,1-2H3,(H,25,27)(H,29,32)(H,30,33). The molecule has 3 aromatic rings. The number of rotatable bonds is 9. The van der Waals surface area contributed by atoms with E-state index < -0.39 is 15.9 Å². The Bertz CT molecular complexity index is 1360. The quantitative estimate of drug-likeness (QED) is 0.240. The van der Waals surface area contributed by atoms with Gasteiger partial charge in [0, 0.05) is 24.3 Å². The number of anilines is 1. The summed E-state index contributed by atoms with van der Waals surface area (Å²) >= 11 is 6.11. The Morgan fingerprint density at radius 1 is 1.25 bits per heavy atom. The minimum atomic E-state index is -4.26. The summed E-state index contributed by atoms with van der Waals surface area (Å²) in [5.41, 5.74) is 0.0398. The third kappa shape index (κ3) is 6.31. The predicted molar refractivity (Wildman–Crippen MR) is 135 cm³/mol. The van der Waals surface area contributed by atoms with Crippen LogP contribution in [0.3, 0.4) is 0 Å². The van der Waals surface area contributed by atoms with Crippen LogP contribution in [0.15, 0.2) is 47.6 Å². The summed E-state index contributed by atoms with van der Waals surface area (Å²) in [6.45, 7) is 6.06. The molecule has 0 saturated carbocycles. The molecular weight excluding hydrogens is 506 g/mol. The Balaban J connectivity index is 1.36. The van der Waals surface area contributed by atoms with E-state index in [0.29, 0.717) is 18.3 Å². The van der Waals surface area contributed by atoms with E-state index in [1.165, 1.54) is 35.1 Å². The zero-order valence-electron chi connectivity index (χ0n) is 19.9. The highest BCUT2D eigenvalue weighted by Crippen LogP contribution is 2.26. The lowest BCUT2D eigenvalue weighted by Gasteiger charge is -2.17. The van der Waals surface area contributed by atoms with Crippen LogP contribution in [0.4, 0.5) is 5.82 Å². The molecule has 0 bridgehead atoms. The van der Waals surface area contributed by atoms with Crippen molar-refractivity contribution in [3.8, 4) is 11.7 Å². The highest BCUT2D eigenvalue weighted by Gasteiger charge is 2.29. The summed E-state index contributed by atoms with van der Waals surface area (Å²) in [4.78, 5) is 20.8. The predicted octanol–water partition coefficient (Wildman–Crippen LogP) is 2.72. The highest BCUT2D eigenvalue weighted by atomic mass is 35.5. The van der Waals surface area contributed by atoms with Crippen molar-refractivity contribution in [1.29, 1.82) is 0 Å². The number of carbonyl (C=O) groups is 1. The van der Waals surface area contributed by atoms with Gasteiger partial charge in [-0.1, -0.05) is 17.7 Å². The molecule has 3 aromatic heterocycles. The van der Waals surface area contributed by atoms with Crippen LogP contribution >= 0.6 is 11.6 Å². The van der Waals surface area contributed by atoms with E-state index in [2.05, 4.69) is 39.5 Å². The maximum Gasteiger partial charge on any atom is 0.281 e. The number of pyridine rings is 2. The SMILES string of the molecule is CC1(C)CC(CCCNc2cccc(S(=O)(=O)NC(=O)c3ccc(-n4ccc(O)n4)nc3Cl)n2)CN1. The fraction of sp³-hybridized carbons (Fsp3) is 0.391. The van der Waals surface area contributed by atoms with E-state index in [1.54, 1.807) is 12.1 Å². The van der Waals surface area contributed by atoms with Crippen LogP contribution in [0.2, 0.25) is 5.15 Å². The molecule has 1 saturated heterocycles.